The Morgan fingerprint density at radius 2 is 1.58 bits per heavy atom. The first-order valence-electron chi connectivity index (χ1n) is 9.39. The van der Waals surface area contributed by atoms with Gasteiger partial charge in [-0.05, 0) is 18.2 Å². The average molecular weight is 421 g/mol. The quantitative estimate of drug-likeness (QED) is 0.377. The monoisotopic (exact) mass is 421 g/mol. The van der Waals surface area contributed by atoms with Crippen LogP contribution in [0.4, 0.5) is 13.2 Å². The van der Waals surface area contributed by atoms with E-state index in [-0.39, 0.29) is 33.7 Å². The molecule has 5 aromatic rings. The summed E-state index contributed by atoms with van der Waals surface area (Å²) in [7, 11) is 0. The number of rotatable bonds is 2. The van der Waals surface area contributed by atoms with E-state index in [4.69, 9.17) is 4.42 Å². The molecule has 8 heteroatoms. The summed E-state index contributed by atoms with van der Waals surface area (Å²) in [6, 6.07) is 18.2. The molecule has 0 amide bonds. The van der Waals surface area contributed by atoms with Crippen molar-refractivity contribution >= 4 is 22.1 Å². The third kappa shape index (κ3) is 3.07. The number of alkyl halides is 3. The average Bonchev–Trinajstić information content (AvgIpc) is 3.08. The van der Waals surface area contributed by atoms with E-state index in [1.54, 1.807) is 60.7 Å². The van der Waals surface area contributed by atoms with Gasteiger partial charge in [0.2, 0.25) is 0 Å². The lowest BCUT2D eigenvalue weighted by Gasteiger charge is -2.12. The van der Waals surface area contributed by atoms with Gasteiger partial charge in [0.1, 0.15) is 11.2 Å². The first-order valence-corrected chi connectivity index (χ1v) is 9.39. The van der Waals surface area contributed by atoms with E-state index in [1.165, 1.54) is 11.5 Å². The van der Waals surface area contributed by atoms with Gasteiger partial charge in [-0.3, -0.25) is 4.57 Å². The van der Waals surface area contributed by atoms with Crippen LogP contribution in [0, 0.1) is 6.92 Å². The van der Waals surface area contributed by atoms with Gasteiger partial charge in [0.05, 0.1) is 16.6 Å². The number of nitrogens with zero attached hydrogens (tertiary/aromatic N) is 3. The number of hydrogen-bond acceptors (Lipinski definition) is 4. The highest BCUT2D eigenvalue weighted by Gasteiger charge is 2.37. The van der Waals surface area contributed by atoms with Crippen LogP contribution in [0.15, 0.2) is 75.9 Å². The minimum atomic E-state index is -4.69. The number of benzene rings is 2. The fourth-order valence-electron chi connectivity index (χ4n) is 3.73. The van der Waals surface area contributed by atoms with Crippen LogP contribution in [0.25, 0.3) is 39.0 Å². The molecule has 0 aliphatic carbocycles. The zero-order valence-corrected chi connectivity index (χ0v) is 16.1. The zero-order chi connectivity index (χ0) is 21.8. The van der Waals surface area contributed by atoms with Crippen LogP contribution in [0.5, 0.6) is 0 Å². The molecular weight excluding hydrogens is 407 g/mol. The number of aryl methyl sites for hydroxylation is 1. The molecule has 3 heterocycles. The lowest BCUT2D eigenvalue weighted by atomic mass is 10.1. The number of fused-ring (bicyclic) bond motifs is 3. The molecule has 0 aliphatic rings. The molecule has 0 saturated carbocycles. The van der Waals surface area contributed by atoms with Crippen LogP contribution in [-0.4, -0.2) is 14.5 Å². The summed E-state index contributed by atoms with van der Waals surface area (Å²) >= 11 is 0. The van der Waals surface area contributed by atoms with Crippen LogP contribution in [-0.2, 0) is 6.18 Å². The molecule has 0 aliphatic heterocycles. The van der Waals surface area contributed by atoms with Crippen molar-refractivity contribution in [1.82, 2.24) is 14.5 Å². The third-order valence-electron chi connectivity index (χ3n) is 4.99. The van der Waals surface area contributed by atoms with Crippen LogP contribution >= 0.6 is 0 Å². The molecule has 3 aromatic heterocycles. The second-order valence-corrected chi connectivity index (χ2v) is 7.01. The minimum absolute atomic E-state index is 0.0136. The van der Waals surface area contributed by atoms with Crippen molar-refractivity contribution in [3.63, 3.8) is 0 Å². The Kier molecular flexibility index (Phi) is 4.18. The van der Waals surface area contributed by atoms with Crippen LogP contribution in [0.2, 0.25) is 0 Å². The van der Waals surface area contributed by atoms with E-state index in [0.29, 0.717) is 11.3 Å². The molecule has 0 N–H and O–H groups in total. The highest BCUT2D eigenvalue weighted by molar-refractivity contribution is 6.07. The Bertz CT molecular complexity index is 1490. The maximum absolute atomic E-state index is 14.2. The molecule has 0 fully saturated rings. The molecule has 0 unspecified atom stereocenters. The summed E-state index contributed by atoms with van der Waals surface area (Å²) in [4.78, 5) is 21.4. The standard InChI is InChI=1S/C23H14F3N3O2/c1-13-27-19-18-16(23(24,25)26)12-17(14-8-4-2-5-9-14)28-21(18)29(20(19)22(30)31-13)15-10-6-3-7-11-15/h2-12H,1H3. The SMILES string of the molecule is Cc1nc2c3c(C(F)(F)F)cc(-c4ccccc4)nc3n(-c3ccccc3)c2c(=O)o1. The summed E-state index contributed by atoms with van der Waals surface area (Å²) in [6.07, 6.45) is -4.69. The Balaban J connectivity index is 2.05. The summed E-state index contributed by atoms with van der Waals surface area (Å²) < 4.78 is 49.1. The van der Waals surface area contributed by atoms with Crippen LogP contribution in [0.3, 0.4) is 0 Å². The Morgan fingerprint density at radius 3 is 2.23 bits per heavy atom. The molecule has 0 saturated heterocycles. The van der Waals surface area contributed by atoms with Crippen molar-refractivity contribution in [3.8, 4) is 16.9 Å². The van der Waals surface area contributed by atoms with Crippen molar-refractivity contribution in [1.29, 1.82) is 0 Å². The summed E-state index contributed by atoms with van der Waals surface area (Å²) in [5, 5.41) is -0.234. The Labute approximate surface area is 173 Å². The molecule has 5 rings (SSSR count). The molecule has 0 bridgehead atoms. The number of para-hydroxylation sites is 1. The molecule has 2 aromatic carbocycles. The fourth-order valence-corrected chi connectivity index (χ4v) is 3.73. The van der Waals surface area contributed by atoms with Crippen molar-refractivity contribution in [3.05, 3.63) is 88.6 Å². The van der Waals surface area contributed by atoms with Gasteiger partial charge >= 0.3 is 11.8 Å². The second kappa shape index (κ2) is 6.80. The molecule has 0 radical (unpaired) electrons. The van der Waals surface area contributed by atoms with Crippen molar-refractivity contribution in [2.24, 2.45) is 0 Å². The van der Waals surface area contributed by atoms with Gasteiger partial charge < -0.3 is 4.42 Å². The van der Waals surface area contributed by atoms with E-state index in [9.17, 15) is 18.0 Å². The molecular formula is C23H14F3N3O2. The Hall–Kier alpha value is -3.94. The predicted octanol–water partition coefficient (Wildman–Crippen LogP) is 5.52. The molecule has 0 spiro atoms. The molecule has 0 atom stereocenters. The van der Waals surface area contributed by atoms with Gasteiger partial charge in [-0.1, -0.05) is 48.5 Å². The Morgan fingerprint density at radius 1 is 0.935 bits per heavy atom. The predicted molar refractivity (Wildman–Crippen MR) is 110 cm³/mol. The van der Waals surface area contributed by atoms with Crippen LogP contribution < -0.4 is 5.63 Å². The summed E-state index contributed by atoms with van der Waals surface area (Å²) in [5.74, 6) is -0.0233. The zero-order valence-electron chi connectivity index (χ0n) is 16.1. The van der Waals surface area contributed by atoms with Gasteiger partial charge in [-0.15, -0.1) is 0 Å². The van der Waals surface area contributed by atoms with E-state index < -0.39 is 17.4 Å². The smallest absolute Gasteiger partial charge is 0.407 e. The van der Waals surface area contributed by atoms with E-state index in [2.05, 4.69) is 9.97 Å². The third-order valence-corrected chi connectivity index (χ3v) is 4.99. The van der Waals surface area contributed by atoms with Gasteiger partial charge in [-0.25, -0.2) is 14.8 Å². The lowest BCUT2D eigenvalue weighted by molar-refractivity contribution is -0.136. The number of pyridine rings is 1. The maximum Gasteiger partial charge on any atom is 0.417 e. The van der Waals surface area contributed by atoms with Crippen LogP contribution in [0.1, 0.15) is 11.5 Å². The van der Waals surface area contributed by atoms with Gasteiger partial charge in [0.15, 0.2) is 11.4 Å². The fraction of sp³-hybridized carbons (Fsp3) is 0.0870. The van der Waals surface area contributed by atoms with E-state index in [1.807, 2.05) is 0 Å². The number of halogens is 3. The second-order valence-electron chi connectivity index (χ2n) is 7.01. The van der Waals surface area contributed by atoms with Gasteiger partial charge in [0, 0.05) is 18.2 Å². The number of aromatic nitrogens is 3. The minimum Gasteiger partial charge on any atom is -0.407 e. The summed E-state index contributed by atoms with van der Waals surface area (Å²) in [5.41, 5.74) is -0.738. The molecule has 31 heavy (non-hydrogen) atoms. The normalized spacial score (nSPS) is 12.0. The molecule has 5 nitrogen and oxygen atoms in total. The van der Waals surface area contributed by atoms with Gasteiger partial charge in [-0.2, -0.15) is 13.2 Å². The molecule has 154 valence electrons. The highest BCUT2D eigenvalue weighted by Crippen LogP contribution is 2.41. The maximum atomic E-state index is 14.2. The van der Waals surface area contributed by atoms with E-state index >= 15 is 0 Å². The first-order chi connectivity index (χ1) is 14.8. The topological polar surface area (TPSA) is 60.9 Å². The van der Waals surface area contributed by atoms with Gasteiger partial charge in [0.25, 0.3) is 0 Å². The largest absolute Gasteiger partial charge is 0.417 e. The number of hydrogen-bond donors (Lipinski definition) is 0. The lowest BCUT2D eigenvalue weighted by Crippen LogP contribution is -2.08. The highest BCUT2D eigenvalue weighted by atomic mass is 19.4. The van der Waals surface area contributed by atoms with Crippen molar-refractivity contribution < 1.29 is 17.6 Å². The van der Waals surface area contributed by atoms with Crippen molar-refractivity contribution in [2.75, 3.05) is 0 Å². The summed E-state index contributed by atoms with van der Waals surface area (Å²) in [6.45, 7) is 1.42. The first kappa shape index (κ1) is 19.0. The van der Waals surface area contributed by atoms with Crippen molar-refractivity contribution in [2.45, 2.75) is 13.1 Å². The van der Waals surface area contributed by atoms with E-state index in [0.717, 1.165) is 6.07 Å².